The second-order valence-corrected chi connectivity index (χ2v) is 6.32. The summed E-state index contributed by atoms with van der Waals surface area (Å²) in [5, 5.41) is 19.4. The molecule has 0 aliphatic heterocycles. The number of aromatic carboxylic acids is 1. The van der Waals surface area contributed by atoms with Crippen LogP contribution in [0.5, 0.6) is 0 Å². The van der Waals surface area contributed by atoms with Crippen LogP contribution in [0.15, 0.2) is 10.3 Å². The Bertz CT molecular complexity index is 530. The number of carboxylic acids is 1. The summed E-state index contributed by atoms with van der Waals surface area (Å²) in [5.41, 5.74) is 0.387. The number of carboxylic acid groups (broad SMARTS) is 1. The van der Waals surface area contributed by atoms with Crippen LogP contribution in [0.1, 0.15) is 28.6 Å². The molecule has 0 spiro atoms. The van der Waals surface area contributed by atoms with E-state index in [1.54, 1.807) is 6.92 Å². The minimum absolute atomic E-state index is 0.215. The largest absolute Gasteiger partial charge is 0.477 e. The van der Waals surface area contributed by atoms with Gasteiger partial charge in [0.1, 0.15) is 9.77 Å². The molecule has 3 N–H and O–H groups in total. The number of aliphatic hydroxyl groups excluding tert-OH is 1. The molecule has 0 radical (unpaired) electrons. The monoisotopic (exact) mass is 293 g/mol. The summed E-state index contributed by atoms with van der Waals surface area (Å²) in [4.78, 5) is 10.5. The molecule has 1 heterocycles. The van der Waals surface area contributed by atoms with E-state index in [1.165, 1.54) is 12.3 Å². The highest BCUT2D eigenvalue weighted by atomic mass is 32.2. The Hall–Kier alpha value is -0.960. The summed E-state index contributed by atoms with van der Waals surface area (Å²) in [6.45, 7) is 2.93. The van der Waals surface area contributed by atoms with Crippen molar-refractivity contribution < 1.29 is 23.4 Å². The zero-order chi connectivity index (χ0) is 13.9. The number of aliphatic hydroxyl groups is 1. The maximum Gasteiger partial charge on any atom is 0.347 e. The summed E-state index contributed by atoms with van der Waals surface area (Å²) in [5.74, 6) is -1.27. The molecule has 0 aliphatic carbocycles. The van der Waals surface area contributed by atoms with E-state index in [9.17, 15) is 13.2 Å². The van der Waals surface area contributed by atoms with Crippen LogP contribution in [0.2, 0.25) is 0 Å². The van der Waals surface area contributed by atoms with E-state index in [1.807, 2.05) is 0 Å². The van der Waals surface area contributed by atoms with Crippen molar-refractivity contribution in [1.29, 1.82) is 0 Å². The first-order valence-electron chi connectivity index (χ1n) is 5.28. The number of aryl methyl sites for hydroxylation is 1. The number of hydrogen-bond acceptors (Lipinski definition) is 5. The number of rotatable bonds is 6. The smallest absolute Gasteiger partial charge is 0.347 e. The number of nitrogens with one attached hydrogen (secondary N) is 1. The number of hydrogen-bond donors (Lipinski definition) is 3. The molecule has 1 rings (SSSR count). The maximum atomic E-state index is 12.1. The third kappa shape index (κ3) is 3.08. The summed E-state index contributed by atoms with van der Waals surface area (Å²) in [6.07, 6.45) is 0.418. The molecule has 1 aromatic rings. The molecule has 0 bridgehead atoms. The van der Waals surface area contributed by atoms with Gasteiger partial charge in [-0.15, -0.1) is 11.3 Å². The van der Waals surface area contributed by atoms with Gasteiger partial charge in [-0.1, -0.05) is 6.92 Å². The topological polar surface area (TPSA) is 104 Å². The Labute approximate surface area is 109 Å². The first-order chi connectivity index (χ1) is 8.33. The molecule has 0 unspecified atom stereocenters. The van der Waals surface area contributed by atoms with E-state index in [0.717, 1.165) is 11.3 Å². The van der Waals surface area contributed by atoms with Crippen LogP contribution >= 0.6 is 11.3 Å². The molecular weight excluding hydrogens is 278 g/mol. The van der Waals surface area contributed by atoms with Gasteiger partial charge in [0.05, 0.1) is 6.61 Å². The molecule has 0 saturated heterocycles. The number of sulfonamides is 1. The van der Waals surface area contributed by atoms with Gasteiger partial charge in [0.25, 0.3) is 0 Å². The molecule has 0 aliphatic rings. The van der Waals surface area contributed by atoms with Crippen molar-refractivity contribution in [3.63, 3.8) is 0 Å². The minimum atomic E-state index is -3.93. The SMILES string of the molecule is CC[C@@H](CO)NS(=O)(=O)c1c(C)csc1C(=O)O. The van der Waals surface area contributed by atoms with Crippen LogP contribution in [0, 0.1) is 6.92 Å². The van der Waals surface area contributed by atoms with Gasteiger partial charge in [-0.25, -0.2) is 17.9 Å². The lowest BCUT2D eigenvalue weighted by Gasteiger charge is -2.14. The molecule has 18 heavy (non-hydrogen) atoms. The van der Waals surface area contributed by atoms with E-state index >= 15 is 0 Å². The molecule has 0 aromatic carbocycles. The van der Waals surface area contributed by atoms with Crippen LogP contribution in [0.3, 0.4) is 0 Å². The average molecular weight is 293 g/mol. The van der Waals surface area contributed by atoms with Crippen molar-refractivity contribution in [2.24, 2.45) is 0 Å². The summed E-state index contributed by atoms with van der Waals surface area (Å²) in [6, 6.07) is -0.615. The minimum Gasteiger partial charge on any atom is -0.477 e. The zero-order valence-corrected chi connectivity index (χ0v) is 11.6. The molecule has 0 amide bonds. The first-order valence-corrected chi connectivity index (χ1v) is 7.64. The lowest BCUT2D eigenvalue weighted by Crippen LogP contribution is -2.37. The summed E-state index contributed by atoms with van der Waals surface area (Å²) >= 11 is 0.872. The Balaban J connectivity index is 3.20. The highest BCUT2D eigenvalue weighted by Gasteiger charge is 2.28. The standard InChI is InChI=1S/C10H15NO5S2/c1-3-7(4-12)11-18(15,16)9-6(2)5-17-8(9)10(13)14/h5,7,11-12H,3-4H2,1-2H3,(H,13,14)/t7-/m0/s1. The highest BCUT2D eigenvalue weighted by molar-refractivity contribution is 7.89. The van der Waals surface area contributed by atoms with E-state index in [2.05, 4.69) is 4.72 Å². The van der Waals surface area contributed by atoms with Gasteiger partial charge in [0, 0.05) is 6.04 Å². The van der Waals surface area contributed by atoms with Crippen molar-refractivity contribution in [3.8, 4) is 0 Å². The second kappa shape index (κ2) is 5.79. The van der Waals surface area contributed by atoms with Crippen molar-refractivity contribution >= 4 is 27.3 Å². The first kappa shape index (κ1) is 15.1. The molecule has 1 atom stereocenters. The lowest BCUT2D eigenvalue weighted by molar-refractivity contribution is 0.0698. The third-order valence-electron chi connectivity index (χ3n) is 2.42. The Kier molecular flexibility index (Phi) is 4.85. The fourth-order valence-electron chi connectivity index (χ4n) is 1.44. The predicted octanol–water partition coefficient (Wildman–Crippen LogP) is 0.804. The molecule has 6 nitrogen and oxygen atoms in total. The molecule has 1 aromatic heterocycles. The third-order valence-corrected chi connectivity index (χ3v) is 5.34. The number of carbonyl (C=O) groups is 1. The van der Waals surface area contributed by atoms with Gasteiger partial charge in [0.15, 0.2) is 0 Å². The zero-order valence-electron chi connectivity index (χ0n) is 10.0. The summed E-state index contributed by atoms with van der Waals surface area (Å²) < 4.78 is 26.5. The normalized spacial score (nSPS) is 13.5. The highest BCUT2D eigenvalue weighted by Crippen LogP contribution is 2.27. The Morgan fingerprint density at radius 2 is 2.17 bits per heavy atom. The van der Waals surface area contributed by atoms with Crippen molar-refractivity contribution in [3.05, 3.63) is 15.8 Å². The van der Waals surface area contributed by atoms with Crippen LogP contribution in [0.4, 0.5) is 0 Å². The van der Waals surface area contributed by atoms with Gasteiger partial charge >= 0.3 is 5.97 Å². The molecule has 102 valence electrons. The molecule has 0 fully saturated rings. The van der Waals surface area contributed by atoms with Gasteiger partial charge in [-0.2, -0.15) is 0 Å². The van der Waals surface area contributed by atoms with Crippen molar-refractivity contribution in [2.75, 3.05) is 6.61 Å². The molecule has 8 heteroatoms. The number of thiophene rings is 1. The van der Waals surface area contributed by atoms with E-state index in [-0.39, 0.29) is 16.4 Å². The van der Waals surface area contributed by atoms with E-state index < -0.39 is 22.0 Å². The lowest BCUT2D eigenvalue weighted by atomic mass is 10.3. The van der Waals surface area contributed by atoms with Crippen LogP contribution < -0.4 is 4.72 Å². The van der Waals surface area contributed by atoms with Gasteiger partial charge < -0.3 is 10.2 Å². The van der Waals surface area contributed by atoms with Crippen LogP contribution in [0.25, 0.3) is 0 Å². The van der Waals surface area contributed by atoms with Crippen LogP contribution in [-0.4, -0.2) is 37.2 Å². The predicted molar refractivity (Wildman–Crippen MR) is 67.5 cm³/mol. The quantitative estimate of drug-likeness (QED) is 0.720. The van der Waals surface area contributed by atoms with E-state index in [0.29, 0.717) is 12.0 Å². The fraction of sp³-hybridized carbons (Fsp3) is 0.500. The Morgan fingerprint density at radius 1 is 1.56 bits per heavy atom. The van der Waals surface area contributed by atoms with Gasteiger partial charge in [-0.3, -0.25) is 0 Å². The van der Waals surface area contributed by atoms with Gasteiger partial charge in [-0.05, 0) is 24.3 Å². The molecule has 0 saturated carbocycles. The van der Waals surface area contributed by atoms with Crippen molar-refractivity contribution in [2.45, 2.75) is 31.2 Å². The van der Waals surface area contributed by atoms with Gasteiger partial charge in [0.2, 0.25) is 10.0 Å². The summed E-state index contributed by atoms with van der Waals surface area (Å²) in [7, 11) is -3.93. The Morgan fingerprint density at radius 3 is 2.61 bits per heavy atom. The average Bonchev–Trinajstić information content (AvgIpc) is 2.69. The maximum absolute atomic E-state index is 12.1. The second-order valence-electron chi connectivity index (χ2n) is 3.79. The van der Waals surface area contributed by atoms with Crippen molar-refractivity contribution in [1.82, 2.24) is 4.72 Å². The molecular formula is C10H15NO5S2. The van der Waals surface area contributed by atoms with E-state index in [4.69, 9.17) is 10.2 Å². The van der Waals surface area contributed by atoms with Crippen LogP contribution in [-0.2, 0) is 10.0 Å². The fourth-order valence-corrected chi connectivity index (χ4v) is 4.38.